The monoisotopic (exact) mass is 219 g/mol. The first-order valence-electron chi connectivity index (χ1n) is 4.93. The molecule has 0 bridgehead atoms. The lowest BCUT2D eigenvalue weighted by molar-refractivity contribution is -0.156. The van der Waals surface area contributed by atoms with Crippen LogP contribution in [0.5, 0.6) is 0 Å². The van der Waals surface area contributed by atoms with Crippen molar-refractivity contribution in [3.63, 3.8) is 0 Å². The molecule has 3 N–H and O–H groups in total. The number of hydrogen-bond donors (Lipinski definition) is 3. The molecule has 0 aromatic carbocycles. The lowest BCUT2D eigenvalue weighted by atomic mass is 10.2. The van der Waals surface area contributed by atoms with E-state index in [0.717, 1.165) is 12.8 Å². The number of amides is 1. The Bertz CT molecular complexity index is 217. The molecule has 0 radical (unpaired) electrons. The van der Waals surface area contributed by atoms with Gasteiger partial charge in [0.15, 0.2) is 6.10 Å². The summed E-state index contributed by atoms with van der Waals surface area (Å²) in [6, 6.07) is 0. The maximum absolute atomic E-state index is 11.6. The molecule has 1 fully saturated rings. The van der Waals surface area contributed by atoms with E-state index in [2.05, 4.69) is 0 Å². The normalized spacial score (nSPS) is 24.9. The lowest BCUT2D eigenvalue weighted by Gasteiger charge is -2.27. The van der Waals surface area contributed by atoms with Crippen LogP contribution in [0, 0.1) is 0 Å². The number of aliphatic hydroxyl groups excluding tert-OH is 3. The first-order valence-corrected chi connectivity index (χ1v) is 4.93. The highest BCUT2D eigenvalue weighted by molar-refractivity contribution is 5.81. The van der Waals surface area contributed by atoms with Crippen molar-refractivity contribution < 1.29 is 24.9 Å². The summed E-state index contributed by atoms with van der Waals surface area (Å²) in [5, 5.41) is 27.0. The van der Waals surface area contributed by atoms with E-state index in [0.29, 0.717) is 6.61 Å². The van der Waals surface area contributed by atoms with Crippen molar-refractivity contribution in [2.45, 2.75) is 31.3 Å². The molecule has 0 saturated carbocycles. The summed E-state index contributed by atoms with van der Waals surface area (Å²) in [4.78, 5) is 12.8. The fourth-order valence-electron chi connectivity index (χ4n) is 1.48. The largest absolute Gasteiger partial charge is 0.394 e. The molecular formula is C9H17NO5. The van der Waals surface area contributed by atoms with Gasteiger partial charge < -0.3 is 25.0 Å². The van der Waals surface area contributed by atoms with Gasteiger partial charge in [0, 0.05) is 13.7 Å². The second-order valence-electron chi connectivity index (χ2n) is 3.61. The average molecular weight is 219 g/mol. The summed E-state index contributed by atoms with van der Waals surface area (Å²) in [6.45, 7) is -0.0484. The molecule has 88 valence electrons. The van der Waals surface area contributed by atoms with Gasteiger partial charge in [-0.15, -0.1) is 0 Å². The smallest absolute Gasteiger partial charge is 0.255 e. The molecule has 0 spiro atoms. The Morgan fingerprint density at radius 2 is 2.27 bits per heavy atom. The van der Waals surface area contributed by atoms with Crippen molar-refractivity contribution in [3.8, 4) is 0 Å². The Morgan fingerprint density at radius 1 is 1.60 bits per heavy atom. The number of carbonyl (C=O) groups excluding carboxylic acids is 1. The van der Waals surface area contributed by atoms with E-state index in [4.69, 9.17) is 14.9 Å². The van der Waals surface area contributed by atoms with Crippen LogP contribution in [0.25, 0.3) is 0 Å². The quantitative estimate of drug-likeness (QED) is 0.524. The maximum Gasteiger partial charge on any atom is 0.255 e. The van der Waals surface area contributed by atoms with E-state index < -0.39 is 24.7 Å². The second kappa shape index (κ2) is 5.41. The molecule has 1 aliphatic rings. The van der Waals surface area contributed by atoms with Gasteiger partial charge in [-0.2, -0.15) is 0 Å². The Morgan fingerprint density at radius 3 is 2.73 bits per heavy atom. The fraction of sp³-hybridized carbons (Fsp3) is 0.889. The molecule has 0 aromatic rings. The van der Waals surface area contributed by atoms with E-state index in [-0.39, 0.29) is 6.23 Å². The van der Waals surface area contributed by atoms with Gasteiger partial charge in [-0.05, 0) is 12.8 Å². The minimum absolute atomic E-state index is 0.335. The minimum Gasteiger partial charge on any atom is -0.394 e. The summed E-state index contributed by atoms with van der Waals surface area (Å²) in [7, 11) is 1.51. The Kier molecular flexibility index (Phi) is 4.46. The van der Waals surface area contributed by atoms with Crippen LogP contribution in [0.4, 0.5) is 0 Å². The highest BCUT2D eigenvalue weighted by Crippen LogP contribution is 2.16. The highest BCUT2D eigenvalue weighted by atomic mass is 16.5. The van der Waals surface area contributed by atoms with Crippen molar-refractivity contribution >= 4 is 5.91 Å². The van der Waals surface area contributed by atoms with E-state index in [9.17, 15) is 9.90 Å². The third-order valence-corrected chi connectivity index (χ3v) is 2.49. The Balaban J connectivity index is 2.50. The molecule has 1 saturated heterocycles. The van der Waals surface area contributed by atoms with Crippen LogP contribution in [-0.4, -0.2) is 64.8 Å². The van der Waals surface area contributed by atoms with Gasteiger partial charge in [0.1, 0.15) is 12.3 Å². The van der Waals surface area contributed by atoms with E-state index in [1.54, 1.807) is 0 Å². The SMILES string of the molecule is CN(C(=O)C(O)C(O)CO)C1CCCO1. The van der Waals surface area contributed by atoms with Crippen molar-refractivity contribution in [1.82, 2.24) is 4.90 Å². The summed E-state index contributed by atoms with van der Waals surface area (Å²) in [5.41, 5.74) is 0. The maximum atomic E-state index is 11.6. The van der Waals surface area contributed by atoms with Crippen LogP contribution in [-0.2, 0) is 9.53 Å². The van der Waals surface area contributed by atoms with Crippen LogP contribution in [0.2, 0.25) is 0 Å². The zero-order valence-corrected chi connectivity index (χ0v) is 8.67. The zero-order valence-electron chi connectivity index (χ0n) is 8.67. The zero-order chi connectivity index (χ0) is 11.4. The van der Waals surface area contributed by atoms with Gasteiger partial charge in [0.25, 0.3) is 5.91 Å². The summed E-state index contributed by atoms with van der Waals surface area (Å²) >= 11 is 0. The van der Waals surface area contributed by atoms with Crippen LogP contribution in [0.1, 0.15) is 12.8 Å². The van der Waals surface area contributed by atoms with E-state index in [1.807, 2.05) is 0 Å². The van der Waals surface area contributed by atoms with Crippen molar-refractivity contribution in [2.75, 3.05) is 20.3 Å². The Hall–Kier alpha value is -0.690. The highest BCUT2D eigenvalue weighted by Gasteiger charge is 2.31. The molecule has 3 atom stereocenters. The molecule has 0 aromatic heterocycles. The van der Waals surface area contributed by atoms with Gasteiger partial charge in [-0.1, -0.05) is 0 Å². The summed E-state index contributed by atoms with van der Waals surface area (Å²) in [6.07, 6.45) is -1.77. The number of likely N-dealkylation sites (N-methyl/N-ethyl adjacent to an activating group) is 1. The summed E-state index contributed by atoms with van der Waals surface area (Å²) < 4.78 is 5.25. The number of hydrogen-bond acceptors (Lipinski definition) is 5. The average Bonchev–Trinajstić information content (AvgIpc) is 2.78. The molecule has 1 amide bonds. The molecule has 15 heavy (non-hydrogen) atoms. The standard InChI is InChI=1S/C9H17NO5/c1-10(7-3-2-4-15-7)9(14)8(13)6(12)5-11/h6-8,11-13H,2-5H2,1H3. The first-order chi connectivity index (χ1) is 7.07. The van der Waals surface area contributed by atoms with Crippen LogP contribution < -0.4 is 0 Å². The predicted molar refractivity (Wildman–Crippen MR) is 50.8 cm³/mol. The molecule has 1 heterocycles. The lowest BCUT2D eigenvalue weighted by Crippen LogP contribution is -2.48. The van der Waals surface area contributed by atoms with Gasteiger partial charge >= 0.3 is 0 Å². The van der Waals surface area contributed by atoms with Crippen LogP contribution in [0.15, 0.2) is 0 Å². The fourth-order valence-corrected chi connectivity index (χ4v) is 1.48. The predicted octanol–water partition coefficient (Wildman–Crippen LogP) is -1.70. The van der Waals surface area contributed by atoms with E-state index in [1.165, 1.54) is 11.9 Å². The Labute approximate surface area is 88.1 Å². The van der Waals surface area contributed by atoms with Crippen molar-refractivity contribution in [2.24, 2.45) is 0 Å². The second-order valence-corrected chi connectivity index (χ2v) is 3.61. The molecule has 6 nitrogen and oxygen atoms in total. The molecule has 1 aliphatic heterocycles. The summed E-state index contributed by atoms with van der Waals surface area (Å²) in [5.74, 6) is -0.636. The van der Waals surface area contributed by atoms with E-state index >= 15 is 0 Å². The van der Waals surface area contributed by atoms with Crippen LogP contribution in [0.3, 0.4) is 0 Å². The molecular weight excluding hydrogens is 202 g/mol. The number of carbonyl (C=O) groups is 1. The third-order valence-electron chi connectivity index (χ3n) is 2.49. The third kappa shape index (κ3) is 2.88. The molecule has 6 heteroatoms. The minimum atomic E-state index is -1.59. The first kappa shape index (κ1) is 12.4. The molecule has 1 rings (SSSR count). The van der Waals surface area contributed by atoms with Crippen molar-refractivity contribution in [1.29, 1.82) is 0 Å². The van der Waals surface area contributed by atoms with Gasteiger partial charge in [-0.3, -0.25) is 4.79 Å². The number of rotatable bonds is 4. The number of nitrogens with zero attached hydrogens (tertiary/aromatic N) is 1. The van der Waals surface area contributed by atoms with Gasteiger partial charge in [-0.25, -0.2) is 0 Å². The van der Waals surface area contributed by atoms with Gasteiger partial charge in [0.05, 0.1) is 6.61 Å². The van der Waals surface area contributed by atoms with Crippen molar-refractivity contribution in [3.05, 3.63) is 0 Å². The van der Waals surface area contributed by atoms with Gasteiger partial charge in [0.2, 0.25) is 0 Å². The number of aliphatic hydroxyl groups is 3. The van der Waals surface area contributed by atoms with Crippen LogP contribution >= 0.6 is 0 Å². The molecule has 0 aliphatic carbocycles. The number of ether oxygens (including phenoxy) is 1. The topological polar surface area (TPSA) is 90.2 Å². The molecule has 3 unspecified atom stereocenters.